The number of hydrogen-bond donors (Lipinski definition) is 0. The largest absolute Gasteiger partial charge is 0.464 e. The van der Waals surface area contributed by atoms with Gasteiger partial charge in [-0.15, -0.1) is 0 Å². The van der Waals surface area contributed by atoms with Crippen molar-refractivity contribution >= 4 is 5.97 Å². The number of ether oxygens (including phenoxy) is 2. The van der Waals surface area contributed by atoms with E-state index < -0.39 is 0 Å². The van der Waals surface area contributed by atoms with E-state index in [0.29, 0.717) is 17.9 Å². The van der Waals surface area contributed by atoms with Crippen molar-refractivity contribution in [3.8, 4) is 0 Å². The average molecular weight is 224 g/mol. The Balaban J connectivity index is 1.75. The Labute approximate surface area is 96.5 Å². The summed E-state index contributed by atoms with van der Waals surface area (Å²) in [6.07, 6.45) is 3.23. The fraction of sp³-hybridized carbons (Fsp3) is 0.923. The SMILES string of the molecule is CCOC(=O)C1OC12CCC1CC2C1(C)C. The number of hydrogen-bond acceptors (Lipinski definition) is 3. The molecule has 4 rings (SSSR count). The minimum Gasteiger partial charge on any atom is -0.464 e. The van der Waals surface area contributed by atoms with Gasteiger partial charge >= 0.3 is 5.97 Å². The summed E-state index contributed by atoms with van der Waals surface area (Å²) in [5, 5.41) is 0. The molecule has 3 heteroatoms. The Kier molecular flexibility index (Phi) is 1.99. The Hall–Kier alpha value is -0.570. The maximum atomic E-state index is 11.7. The third kappa shape index (κ3) is 1.10. The van der Waals surface area contributed by atoms with Crippen LogP contribution in [0.1, 0.15) is 40.0 Å². The van der Waals surface area contributed by atoms with Gasteiger partial charge in [-0.3, -0.25) is 0 Å². The second kappa shape index (κ2) is 3.00. The van der Waals surface area contributed by atoms with Gasteiger partial charge in [-0.1, -0.05) is 13.8 Å². The fourth-order valence-corrected chi connectivity index (χ4v) is 4.01. The minimum absolute atomic E-state index is 0.148. The molecule has 16 heavy (non-hydrogen) atoms. The van der Waals surface area contributed by atoms with Gasteiger partial charge in [0.1, 0.15) is 5.60 Å². The summed E-state index contributed by atoms with van der Waals surface area (Å²) in [5.41, 5.74) is 0.212. The molecule has 3 nitrogen and oxygen atoms in total. The third-order valence-corrected chi connectivity index (χ3v) is 5.17. The van der Waals surface area contributed by atoms with E-state index in [9.17, 15) is 4.79 Å². The molecule has 0 radical (unpaired) electrons. The fourth-order valence-electron chi connectivity index (χ4n) is 4.01. The van der Waals surface area contributed by atoms with Crippen LogP contribution in [0, 0.1) is 17.3 Å². The number of fused-ring (bicyclic) bond motifs is 1. The van der Waals surface area contributed by atoms with Gasteiger partial charge in [0, 0.05) is 0 Å². The summed E-state index contributed by atoms with van der Waals surface area (Å²) in [6, 6.07) is 0. The smallest absolute Gasteiger partial charge is 0.338 e. The lowest BCUT2D eigenvalue weighted by molar-refractivity contribution is -0.145. The molecule has 0 aromatic heterocycles. The molecule has 4 atom stereocenters. The zero-order valence-electron chi connectivity index (χ0n) is 10.3. The first-order valence-electron chi connectivity index (χ1n) is 6.37. The second-order valence-corrected chi connectivity index (χ2v) is 6.05. The summed E-state index contributed by atoms with van der Waals surface area (Å²) in [5.74, 6) is 1.26. The molecule has 0 aromatic carbocycles. The molecule has 3 saturated carbocycles. The first-order valence-corrected chi connectivity index (χ1v) is 6.37. The van der Waals surface area contributed by atoms with Crippen LogP contribution >= 0.6 is 0 Å². The van der Waals surface area contributed by atoms with Crippen LogP contribution in [0.5, 0.6) is 0 Å². The van der Waals surface area contributed by atoms with E-state index >= 15 is 0 Å². The molecule has 0 aromatic rings. The van der Waals surface area contributed by atoms with E-state index in [1.807, 2.05) is 6.92 Å². The Bertz CT molecular complexity index is 334. The van der Waals surface area contributed by atoms with E-state index in [-0.39, 0.29) is 17.7 Å². The molecule has 1 aliphatic heterocycles. The van der Waals surface area contributed by atoms with Crippen LogP contribution in [0.25, 0.3) is 0 Å². The van der Waals surface area contributed by atoms with Crippen LogP contribution in [-0.4, -0.2) is 24.3 Å². The molecule has 1 heterocycles. The maximum absolute atomic E-state index is 11.7. The standard InChI is InChI=1S/C13H20O3/c1-4-15-11(14)10-13(16-10)6-5-8-7-9(13)12(8,2)3/h8-10H,4-7H2,1-3H3. The predicted octanol–water partition coefficient (Wildman–Crippen LogP) is 2.14. The van der Waals surface area contributed by atoms with Crippen LogP contribution in [0.2, 0.25) is 0 Å². The topological polar surface area (TPSA) is 38.8 Å². The van der Waals surface area contributed by atoms with Gasteiger partial charge in [-0.2, -0.15) is 0 Å². The monoisotopic (exact) mass is 224 g/mol. The van der Waals surface area contributed by atoms with Crippen molar-refractivity contribution in [2.45, 2.75) is 51.7 Å². The van der Waals surface area contributed by atoms with Crippen LogP contribution in [0.3, 0.4) is 0 Å². The molecular weight excluding hydrogens is 204 g/mol. The van der Waals surface area contributed by atoms with Crippen molar-refractivity contribution in [1.82, 2.24) is 0 Å². The normalized spacial score (nSPS) is 47.3. The molecule has 0 amide bonds. The highest BCUT2D eigenvalue weighted by molar-refractivity contribution is 5.79. The predicted molar refractivity (Wildman–Crippen MR) is 58.8 cm³/mol. The molecule has 3 aliphatic carbocycles. The summed E-state index contributed by atoms with van der Waals surface area (Å²) in [6.45, 7) is 6.93. The first-order chi connectivity index (χ1) is 7.52. The van der Waals surface area contributed by atoms with Crippen molar-refractivity contribution in [1.29, 1.82) is 0 Å². The summed E-state index contributed by atoms with van der Waals surface area (Å²) in [4.78, 5) is 11.7. The number of carbonyl (C=O) groups excluding carboxylic acids is 1. The summed E-state index contributed by atoms with van der Waals surface area (Å²) in [7, 11) is 0. The second-order valence-electron chi connectivity index (χ2n) is 6.05. The number of rotatable bonds is 2. The van der Waals surface area contributed by atoms with Gasteiger partial charge < -0.3 is 9.47 Å². The lowest BCUT2D eigenvalue weighted by Gasteiger charge is -2.59. The lowest BCUT2D eigenvalue weighted by atomic mass is 9.45. The maximum Gasteiger partial charge on any atom is 0.338 e. The highest BCUT2D eigenvalue weighted by Gasteiger charge is 2.74. The molecule has 0 N–H and O–H groups in total. The van der Waals surface area contributed by atoms with E-state index in [1.54, 1.807) is 0 Å². The van der Waals surface area contributed by atoms with Crippen molar-refractivity contribution < 1.29 is 14.3 Å². The van der Waals surface area contributed by atoms with E-state index in [1.165, 1.54) is 12.8 Å². The van der Waals surface area contributed by atoms with Crippen molar-refractivity contribution in [3.05, 3.63) is 0 Å². The van der Waals surface area contributed by atoms with E-state index in [4.69, 9.17) is 9.47 Å². The van der Waals surface area contributed by atoms with Crippen LogP contribution in [0.15, 0.2) is 0 Å². The zero-order valence-corrected chi connectivity index (χ0v) is 10.3. The highest BCUT2D eigenvalue weighted by atomic mass is 16.7. The average Bonchev–Trinajstić information content (AvgIpc) is 2.92. The quantitative estimate of drug-likeness (QED) is 0.533. The number of carbonyl (C=O) groups is 1. The molecule has 90 valence electrons. The Morgan fingerprint density at radius 2 is 2.25 bits per heavy atom. The zero-order chi connectivity index (χ0) is 11.6. The van der Waals surface area contributed by atoms with E-state index in [0.717, 1.165) is 12.3 Å². The number of epoxide rings is 1. The Morgan fingerprint density at radius 3 is 2.81 bits per heavy atom. The molecule has 1 saturated heterocycles. The van der Waals surface area contributed by atoms with Gasteiger partial charge in [-0.25, -0.2) is 4.79 Å². The van der Waals surface area contributed by atoms with Crippen molar-refractivity contribution in [2.24, 2.45) is 17.3 Å². The van der Waals surface area contributed by atoms with Gasteiger partial charge in [0.25, 0.3) is 0 Å². The Morgan fingerprint density at radius 1 is 1.50 bits per heavy atom. The van der Waals surface area contributed by atoms with Gasteiger partial charge in [-0.05, 0) is 43.4 Å². The molecule has 1 spiro atoms. The van der Waals surface area contributed by atoms with Crippen molar-refractivity contribution in [2.75, 3.05) is 6.61 Å². The van der Waals surface area contributed by atoms with E-state index in [2.05, 4.69) is 13.8 Å². The first kappa shape index (κ1) is 10.6. The van der Waals surface area contributed by atoms with Crippen LogP contribution < -0.4 is 0 Å². The minimum atomic E-state index is -0.266. The summed E-state index contributed by atoms with van der Waals surface area (Å²) < 4.78 is 10.8. The highest BCUT2D eigenvalue weighted by Crippen LogP contribution is 2.69. The third-order valence-electron chi connectivity index (χ3n) is 5.17. The lowest BCUT2D eigenvalue weighted by Crippen LogP contribution is -2.57. The van der Waals surface area contributed by atoms with Crippen LogP contribution in [0.4, 0.5) is 0 Å². The summed E-state index contributed by atoms with van der Waals surface area (Å²) >= 11 is 0. The van der Waals surface area contributed by atoms with Crippen LogP contribution in [-0.2, 0) is 14.3 Å². The number of esters is 1. The molecule has 4 fully saturated rings. The molecule has 4 unspecified atom stereocenters. The van der Waals surface area contributed by atoms with Gasteiger partial charge in [0.15, 0.2) is 6.10 Å². The van der Waals surface area contributed by atoms with Gasteiger partial charge in [0.2, 0.25) is 0 Å². The van der Waals surface area contributed by atoms with Gasteiger partial charge in [0.05, 0.1) is 6.61 Å². The van der Waals surface area contributed by atoms with Crippen molar-refractivity contribution in [3.63, 3.8) is 0 Å². The molecule has 4 aliphatic rings. The molecular formula is C13H20O3. The molecule has 2 bridgehead atoms.